The van der Waals surface area contributed by atoms with Crippen molar-refractivity contribution < 1.29 is 44.4 Å². The zero-order chi connectivity index (χ0) is 29.4. The van der Waals surface area contributed by atoms with E-state index in [-0.39, 0.29) is 40.2 Å². The maximum Gasteiger partial charge on any atom is 0.352 e. The first kappa shape index (κ1) is 28.7. The first-order chi connectivity index (χ1) is 18.8. The van der Waals surface area contributed by atoms with Crippen LogP contribution in [-0.4, -0.2) is 82.5 Å². The van der Waals surface area contributed by atoms with Gasteiger partial charge in [-0.25, -0.2) is 14.6 Å². The molecule has 1 aromatic heterocycles. The number of nitrogens with zero attached hydrogens (tertiary/aromatic N) is 3. The fourth-order valence-electron chi connectivity index (χ4n) is 3.90. The van der Waals surface area contributed by atoms with Crippen LogP contribution in [-0.2, 0) is 30.4 Å². The molecule has 0 unspecified atom stereocenters. The van der Waals surface area contributed by atoms with Crippen molar-refractivity contribution in [3.63, 3.8) is 0 Å². The van der Waals surface area contributed by atoms with Gasteiger partial charge in [0.25, 0.3) is 11.8 Å². The molecule has 1 fully saturated rings. The quantitative estimate of drug-likeness (QED) is 0.0988. The number of aromatic hydroxyl groups is 2. The summed E-state index contributed by atoms with van der Waals surface area (Å²) in [7, 11) is 0. The number of fused-ring (bicyclic) bond motifs is 1. The number of phenols is 2. The number of aliphatic carboxylic acids is 2. The van der Waals surface area contributed by atoms with E-state index in [0.29, 0.717) is 17.6 Å². The number of β-lactam (4-membered cyclic amide) rings is 1. The molecule has 4 rings (SSSR count). The maximum absolute atomic E-state index is 13.2. The minimum Gasteiger partial charge on any atom is -0.504 e. The molecule has 16 heteroatoms. The number of carbonyl (C=O) groups is 4. The molecule has 0 radical (unpaired) electrons. The Balaban J connectivity index is 1.51. The predicted molar refractivity (Wildman–Crippen MR) is 144 cm³/mol. The Labute approximate surface area is 235 Å². The van der Waals surface area contributed by atoms with E-state index in [0.717, 1.165) is 16.2 Å². The number of nitrogens with two attached hydrogens (primary N) is 1. The Bertz CT molecular complexity index is 1450. The van der Waals surface area contributed by atoms with Crippen molar-refractivity contribution >= 4 is 57.7 Å². The van der Waals surface area contributed by atoms with Crippen LogP contribution >= 0.6 is 23.1 Å². The highest BCUT2D eigenvalue weighted by molar-refractivity contribution is 8.00. The van der Waals surface area contributed by atoms with E-state index < -0.39 is 46.5 Å². The van der Waals surface area contributed by atoms with Gasteiger partial charge in [-0.05, 0) is 50.0 Å². The van der Waals surface area contributed by atoms with Crippen LogP contribution in [0.4, 0.5) is 5.13 Å². The summed E-state index contributed by atoms with van der Waals surface area (Å²) in [6.45, 7) is 2.47. The van der Waals surface area contributed by atoms with Gasteiger partial charge < -0.3 is 36.3 Å². The van der Waals surface area contributed by atoms with Gasteiger partial charge in [0.1, 0.15) is 22.8 Å². The summed E-state index contributed by atoms with van der Waals surface area (Å²) >= 11 is 2.28. The molecule has 212 valence electrons. The standard InChI is InChI=1S/C24H25N5O9S2/c1-24(2,22(36)37)38-28-15(12-9-40-23(25)26-12)18(32)27-16-19(33)29-17(21(34)35)11(8-39-20(16)29)5-3-10-4-6-13(30)14(31)7-10/h4,6-7,9,16,20,30-31H,3,5,8H2,1-2H3,(H2,25,26)(H,27,32)(H,34,35)(H,36,37)/b28-15-/t16-,20-/m1/s1. The summed E-state index contributed by atoms with van der Waals surface area (Å²) in [6, 6.07) is 3.23. The SMILES string of the molecule is CC(C)(O/N=C(\C(=O)N[C@@H]1C(=O)N2C(C(=O)O)=C(CCc3ccc(O)c(O)c3)CS[C@H]12)c1csc(N)n1)C(=O)O. The number of aromatic nitrogens is 1. The zero-order valence-corrected chi connectivity index (χ0v) is 22.8. The van der Waals surface area contributed by atoms with Crippen molar-refractivity contribution in [3.8, 4) is 11.5 Å². The highest BCUT2D eigenvalue weighted by atomic mass is 32.2. The minimum absolute atomic E-state index is 0.00906. The molecule has 0 aliphatic carbocycles. The second kappa shape index (κ2) is 11.1. The monoisotopic (exact) mass is 591 g/mol. The third kappa shape index (κ3) is 5.67. The van der Waals surface area contributed by atoms with Crippen molar-refractivity contribution in [2.45, 2.75) is 43.7 Å². The second-order valence-corrected chi connectivity index (χ2v) is 11.4. The number of thiazole rings is 1. The van der Waals surface area contributed by atoms with Gasteiger partial charge in [-0.3, -0.25) is 14.5 Å². The Morgan fingerprint density at radius 2 is 1.95 bits per heavy atom. The van der Waals surface area contributed by atoms with E-state index in [1.807, 2.05) is 0 Å². The first-order valence-electron chi connectivity index (χ1n) is 11.7. The normalized spacial score (nSPS) is 19.1. The van der Waals surface area contributed by atoms with E-state index in [2.05, 4.69) is 15.5 Å². The number of nitrogen functional groups attached to an aromatic ring is 1. The van der Waals surface area contributed by atoms with Crippen molar-refractivity contribution in [1.82, 2.24) is 15.2 Å². The lowest BCUT2D eigenvalue weighted by Gasteiger charge is -2.49. The van der Waals surface area contributed by atoms with Crippen LogP contribution in [0, 0.1) is 0 Å². The van der Waals surface area contributed by atoms with Crippen molar-refractivity contribution in [2.24, 2.45) is 5.16 Å². The molecule has 3 heterocycles. The summed E-state index contributed by atoms with van der Waals surface area (Å²) in [5.41, 5.74) is 4.50. The Morgan fingerprint density at radius 3 is 2.55 bits per heavy atom. The van der Waals surface area contributed by atoms with Crippen LogP contribution in [0.5, 0.6) is 11.5 Å². The fourth-order valence-corrected chi connectivity index (χ4v) is 5.84. The van der Waals surface area contributed by atoms with Crippen LogP contribution < -0.4 is 11.1 Å². The topological polar surface area (TPSA) is 225 Å². The Kier molecular flexibility index (Phi) is 7.93. The number of benzene rings is 1. The van der Waals surface area contributed by atoms with Crippen molar-refractivity contribution in [3.05, 3.63) is 46.1 Å². The summed E-state index contributed by atoms with van der Waals surface area (Å²) in [5.74, 6) is -4.45. The maximum atomic E-state index is 13.2. The number of hydrogen-bond acceptors (Lipinski definition) is 12. The van der Waals surface area contributed by atoms with E-state index in [4.69, 9.17) is 10.6 Å². The van der Waals surface area contributed by atoms with Crippen LogP contribution in [0.25, 0.3) is 0 Å². The summed E-state index contributed by atoms with van der Waals surface area (Å²) in [5, 5.41) is 45.5. The number of amides is 2. The average molecular weight is 592 g/mol. The van der Waals surface area contributed by atoms with Gasteiger partial charge >= 0.3 is 11.9 Å². The minimum atomic E-state index is -1.77. The molecular formula is C24H25N5O9S2. The zero-order valence-electron chi connectivity index (χ0n) is 21.2. The lowest BCUT2D eigenvalue weighted by atomic mass is 9.98. The number of aryl methyl sites for hydroxylation is 1. The number of rotatable bonds is 10. The first-order valence-corrected chi connectivity index (χ1v) is 13.7. The number of carboxylic acid groups (broad SMARTS) is 2. The summed E-state index contributed by atoms with van der Waals surface area (Å²) in [4.78, 5) is 60.0. The number of hydrogen-bond donors (Lipinski definition) is 6. The van der Waals surface area contributed by atoms with E-state index >= 15 is 0 Å². The molecule has 0 saturated carbocycles. The van der Waals surface area contributed by atoms with Gasteiger partial charge in [-0.15, -0.1) is 23.1 Å². The smallest absolute Gasteiger partial charge is 0.352 e. The molecule has 0 spiro atoms. The number of nitrogens with one attached hydrogen (secondary N) is 1. The number of oxime groups is 1. The lowest BCUT2D eigenvalue weighted by Crippen LogP contribution is -2.71. The largest absolute Gasteiger partial charge is 0.504 e. The van der Waals surface area contributed by atoms with E-state index in [1.165, 1.54) is 43.1 Å². The molecule has 14 nitrogen and oxygen atoms in total. The van der Waals surface area contributed by atoms with Gasteiger partial charge in [-0.2, -0.15) is 0 Å². The molecule has 2 aliphatic heterocycles. The molecule has 0 bridgehead atoms. The van der Waals surface area contributed by atoms with Crippen molar-refractivity contribution in [1.29, 1.82) is 0 Å². The molecule has 1 saturated heterocycles. The third-order valence-electron chi connectivity index (χ3n) is 6.15. The molecular weight excluding hydrogens is 566 g/mol. The predicted octanol–water partition coefficient (Wildman–Crippen LogP) is 1.09. The van der Waals surface area contributed by atoms with E-state index in [1.54, 1.807) is 6.07 Å². The molecule has 2 atom stereocenters. The fraction of sp³-hybridized carbons (Fsp3) is 0.333. The Hall–Kier alpha value is -4.31. The molecule has 40 heavy (non-hydrogen) atoms. The van der Waals surface area contributed by atoms with Gasteiger partial charge in [-0.1, -0.05) is 11.2 Å². The molecule has 2 aliphatic rings. The molecule has 2 aromatic rings. The number of carboxylic acids is 2. The Morgan fingerprint density at radius 1 is 1.23 bits per heavy atom. The van der Waals surface area contributed by atoms with Crippen LogP contribution in [0.3, 0.4) is 0 Å². The highest BCUT2D eigenvalue weighted by Crippen LogP contribution is 2.41. The lowest BCUT2D eigenvalue weighted by molar-refractivity contribution is -0.161. The number of thioether (sulfide) groups is 1. The van der Waals surface area contributed by atoms with Crippen LogP contribution in [0.2, 0.25) is 0 Å². The van der Waals surface area contributed by atoms with Crippen LogP contribution in [0.15, 0.2) is 40.0 Å². The third-order valence-corrected chi connectivity index (χ3v) is 8.17. The highest BCUT2D eigenvalue weighted by Gasteiger charge is 2.54. The van der Waals surface area contributed by atoms with Crippen LogP contribution in [0.1, 0.15) is 31.5 Å². The van der Waals surface area contributed by atoms with Gasteiger partial charge in [0, 0.05) is 11.1 Å². The molecule has 1 aromatic carbocycles. The van der Waals surface area contributed by atoms with Gasteiger partial charge in [0.2, 0.25) is 5.60 Å². The second-order valence-electron chi connectivity index (χ2n) is 9.36. The average Bonchev–Trinajstić information content (AvgIpc) is 3.32. The van der Waals surface area contributed by atoms with Crippen molar-refractivity contribution in [2.75, 3.05) is 11.5 Å². The molecule has 7 N–H and O–H groups in total. The van der Waals surface area contributed by atoms with E-state index in [9.17, 15) is 39.6 Å². The number of phenolic OH excluding ortho intramolecular Hbond substituents is 2. The summed E-state index contributed by atoms with van der Waals surface area (Å²) < 4.78 is 0. The van der Waals surface area contributed by atoms with Gasteiger partial charge in [0.05, 0.1) is 0 Å². The number of carbonyl (C=O) groups excluding carboxylic acids is 2. The summed E-state index contributed by atoms with van der Waals surface area (Å²) in [6.07, 6.45) is 0.641. The molecule has 2 amide bonds. The number of anilines is 1. The van der Waals surface area contributed by atoms with Gasteiger partial charge in [0.15, 0.2) is 22.3 Å².